The fourth-order valence-electron chi connectivity index (χ4n) is 6.44. The molecule has 1 aromatic heterocycles. The summed E-state index contributed by atoms with van der Waals surface area (Å²) in [5, 5.41) is 24.0. The van der Waals surface area contributed by atoms with Crippen molar-refractivity contribution in [1.29, 1.82) is 0 Å². The highest BCUT2D eigenvalue weighted by molar-refractivity contribution is 8.03. The van der Waals surface area contributed by atoms with Gasteiger partial charge in [0.25, 0.3) is 0 Å². The van der Waals surface area contributed by atoms with E-state index in [9.17, 15) is 29.1 Å². The maximum Gasteiger partial charge on any atom is 0.353 e. The molecule has 0 bridgehead atoms. The van der Waals surface area contributed by atoms with Crippen LogP contribution in [-0.4, -0.2) is 126 Å². The number of carbonyl (C=O) groups excluding carboxylic acids is 4. The first-order valence-electron chi connectivity index (χ1n) is 13.8. The Morgan fingerprint density at radius 3 is 2.54 bits per heavy atom. The Bertz CT molecular complexity index is 1250. The minimum Gasteiger partial charge on any atom is -0.477 e. The number of Topliss-reactive ketones (excluding diaryl/α,β-unsaturated/α-hetero) is 1. The number of carboxylic acids is 1. The maximum absolute atomic E-state index is 13.2. The molecule has 0 spiro atoms. The van der Waals surface area contributed by atoms with Gasteiger partial charge in [-0.3, -0.25) is 19.2 Å². The SMILES string of the molecule is C[C@@H](CC(=O)Cn1cnnn1)[C@H]1C(=O)N2C(C(=O)O)=C(SC3CNC(C(=O)N4CCN(C(=O)CN)CC4)C3)[C@H](C)[C@H]12. The van der Waals surface area contributed by atoms with Crippen molar-refractivity contribution in [3.05, 3.63) is 16.9 Å². The number of rotatable bonds is 10. The first-order valence-corrected chi connectivity index (χ1v) is 14.7. The van der Waals surface area contributed by atoms with Crippen molar-refractivity contribution in [2.75, 3.05) is 39.3 Å². The molecular weight excluding hydrogens is 554 g/mol. The molecule has 0 radical (unpaired) electrons. The average molecular weight is 590 g/mol. The Morgan fingerprint density at radius 1 is 1.20 bits per heavy atom. The summed E-state index contributed by atoms with van der Waals surface area (Å²) in [7, 11) is 0. The molecule has 0 saturated carbocycles. The van der Waals surface area contributed by atoms with E-state index in [1.165, 1.54) is 27.7 Å². The van der Waals surface area contributed by atoms with E-state index in [4.69, 9.17) is 5.73 Å². The Hall–Kier alpha value is -3.37. The Labute approximate surface area is 240 Å². The highest BCUT2D eigenvalue weighted by Gasteiger charge is 2.60. The van der Waals surface area contributed by atoms with Crippen LogP contribution in [-0.2, 0) is 30.5 Å². The number of hydrogen-bond acceptors (Lipinski definition) is 11. The van der Waals surface area contributed by atoms with Crippen LogP contribution < -0.4 is 11.1 Å². The molecule has 16 heteroatoms. The lowest BCUT2D eigenvalue weighted by Gasteiger charge is -2.47. The van der Waals surface area contributed by atoms with E-state index in [1.54, 1.807) is 9.80 Å². The smallest absolute Gasteiger partial charge is 0.353 e. The number of piperazine rings is 1. The van der Waals surface area contributed by atoms with Crippen LogP contribution in [0.25, 0.3) is 0 Å². The summed E-state index contributed by atoms with van der Waals surface area (Å²) in [5.41, 5.74) is 5.45. The number of fused-ring (bicyclic) bond motifs is 1. The second-order valence-corrected chi connectivity index (χ2v) is 12.4. The molecule has 3 saturated heterocycles. The van der Waals surface area contributed by atoms with Gasteiger partial charge in [-0.05, 0) is 22.8 Å². The molecule has 3 fully saturated rings. The standard InChI is InChI=1S/C25H35N9O6S/c1-13(7-15(35)11-33-12-28-29-30-33)19-20-14(2)22(21(25(39)40)34(20)24(19)38)41-16-8-17(27-10-16)23(37)32-5-3-31(4-6-32)18(36)9-26/h12-14,16-17,19-20,27H,3-11,26H2,1-2H3,(H,39,40)/t13-,14+,16?,17?,19+,20+/m0/s1. The van der Waals surface area contributed by atoms with Crippen LogP contribution >= 0.6 is 11.8 Å². The van der Waals surface area contributed by atoms with Crippen LogP contribution in [0.3, 0.4) is 0 Å². The molecule has 5 rings (SSSR count). The zero-order chi connectivity index (χ0) is 29.4. The minimum atomic E-state index is -1.15. The van der Waals surface area contributed by atoms with Gasteiger partial charge in [0.2, 0.25) is 17.7 Å². The number of thioether (sulfide) groups is 1. The number of ketones is 1. The molecule has 4 N–H and O–H groups in total. The lowest BCUT2D eigenvalue weighted by Crippen LogP contribution is -2.62. The fraction of sp³-hybridized carbons (Fsp3) is 0.680. The van der Waals surface area contributed by atoms with Gasteiger partial charge in [-0.15, -0.1) is 16.9 Å². The van der Waals surface area contributed by atoms with E-state index in [-0.39, 0.29) is 71.8 Å². The topological polar surface area (TPSA) is 197 Å². The number of nitrogens with one attached hydrogen (secondary N) is 1. The van der Waals surface area contributed by atoms with Crippen LogP contribution in [0.5, 0.6) is 0 Å². The van der Waals surface area contributed by atoms with Gasteiger partial charge in [-0.1, -0.05) is 13.8 Å². The van der Waals surface area contributed by atoms with Gasteiger partial charge in [0, 0.05) is 55.2 Å². The van der Waals surface area contributed by atoms with Crippen molar-refractivity contribution < 1.29 is 29.1 Å². The van der Waals surface area contributed by atoms with E-state index in [1.807, 2.05) is 13.8 Å². The monoisotopic (exact) mass is 589 g/mol. The zero-order valence-electron chi connectivity index (χ0n) is 23.0. The van der Waals surface area contributed by atoms with Crippen LogP contribution in [0.4, 0.5) is 0 Å². The van der Waals surface area contributed by atoms with Crippen molar-refractivity contribution in [1.82, 2.24) is 40.2 Å². The summed E-state index contributed by atoms with van der Waals surface area (Å²) >= 11 is 1.43. The molecule has 2 unspecified atom stereocenters. The number of amides is 3. The van der Waals surface area contributed by atoms with Crippen molar-refractivity contribution in [2.24, 2.45) is 23.5 Å². The number of nitrogens with two attached hydrogens (primary N) is 1. The molecule has 0 aliphatic carbocycles. The second-order valence-electron chi connectivity index (χ2n) is 11.1. The van der Waals surface area contributed by atoms with Crippen molar-refractivity contribution in [2.45, 2.75) is 50.6 Å². The molecule has 222 valence electrons. The van der Waals surface area contributed by atoms with E-state index in [2.05, 4.69) is 20.8 Å². The molecule has 15 nitrogen and oxygen atoms in total. The summed E-state index contributed by atoms with van der Waals surface area (Å²) in [6, 6.07) is -0.723. The molecule has 1 aromatic rings. The summed E-state index contributed by atoms with van der Waals surface area (Å²) < 4.78 is 1.33. The van der Waals surface area contributed by atoms with Crippen LogP contribution in [0.1, 0.15) is 26.7 Å². The Kier molecular flexibility index (Phi) is 8.42. The first-order chi connectivity index (χ1) is 19.6. The van der Waals surface area contributed by atoms with Crippen LogP contribution in [0.2, 0.25) is 0 Å². The van der Waals surface area contributed by atoms with Gasteiger partial charge in [0.1, 0.15) is 18.6 Å². The third-order valence-corrected chi connectivity index (χ3v) is 10.00. The van der Waals surface area contributed by atoms with Gasteiger partial charge in [0.15, 0.2) is 5.78 Å². The Morgan fingerprint density at radius 2 is 1.90 bits per heavy atom. The first kappa shape index (κ1) is 29.1. The fourth-order valence-corrected chi connectivity index (χ4v) is 7.92. The quantitative estimate of drug-likeness (QED) is 0.258. The molecule has 41 heavy (non-hydrogen) atoms. The lowest BCUT2D eigenvalue weighted by atomic mass is 9.73. The van der Waals surface area contributed by atoms with Gasteiger partial charge >= 0.3 is 5.97 Å². The molecule has 0 aromatic carbocycles. The summed E-state index contributed by atoms with van der Waals surface area (Å²) in [5.74, 6) is -2.64. The highest BCUT2D eigenvalue weighted by Crippen LogP contribution is 2.53. The molecule has 3 amide bonds. The number of β-lactam (4-membered cyclic amide) rings is 1. The molecule has 5 heterocycles. The molecular formula is C25H35N9O6S. The second kappa shape index (κ2) is 11.9. The third kappa shape index (κ3) is 5.59. The number of tetrazole rings is 1. The summed E-state index contributed by atoms with van der Waals surface area (Å²) in [6.07, 6.45) is 2.04. The molecule has 4 aliphatic heterocycles. The van der Waals surface area contributed by atoms with Gasteiger partial charge in [-0.25, -0.2) is 9.48 Å². The van der Waals surface area contributed by atoms with Crippen molar-refractivity contribution in [3.8, 4) is 0 Å². The van der Waals surface area contributed by atoms with E-state index >= 15 is 0 Å². The Balaban J connectivity index is 1.19. The number of carbonyl (C=O) groups is 5. The number of hydrogen-bond donors (Lipinski definition) is 3. The lowest BCUT2D eigenvalue weighted by molar-refractivity contribution is -0.160. The van der Waals surface area contributed by atoms with Crippen molar-refractivity contribution >= 4 is 41.2 Å². The zero-order valence-corrected chi connectivity index (χ0v) is 23.8. The number of aliphatic carboxylic acids is 1. The number of nitrogens with zero attached hydrogens (tertiary/aromatic N) is 7. The van der Waals surface area contributed by atoms with Gasteiger partial charge in [-0.2, -0.15) is 0 Å². The molecule has 4 aliphatic rings. The maximum atomic E-state index is 13.2. The largest absolute Gasteiger partial charge is 0.477 e. The normalized spacial score (nSPS) is 28.5. The average Bonchev–Trinajstić information content (AvgIpc) is 3.68. The van der Waals surface area contributed by atoms with E-state index in [0.717, 1.165) is 0 Å². The van der Waals surface area contributed by atoms with Gasteiger partial charge < -0.3 is 30.9 Å². The third-order valence-electron chi connectivity index (χ3n) is 8.48. The van der Waals surface area contributed by atoms with Crippen LogP contribution in [0.15, 0.2) is 16.9 Å². The van der Waals surface area contributed by atoms with E-state index in [0.29, 0.717) is 44.0 Å². The predicted octanol–water partition coefficient (Wildman–Crippen LogP) is -1.87. The van der Waals surface area contributed by atoms with Crippen molar-refractivity contribution in [3.63, 3.8) is 0 Å². The van der Waals surface area contributed by atoms with Gasteiger partial charge in [0.05, 0.1) is 24.5 Å². The predicted molar refractivity (Wildman–Crippen MR) is 145 cm³/mol. The summed E-state index contributed by atoms with van der Waals surface area (Å²) in [4.78, 5) is 68.5. The molecule has 6 atom stereocenters. The van der Waals surface area contributed by atoms with Crippen LogP contribution in [0, 0.1) is 17.8 Å². The highest BCUT2D eigenvalue weighted by atomic mass is 32.2. The minimum absolute atomic E-state index is 0.0106. The van der Waals surface area contributed by atoms with E-state index < -0.39 is 17.9 Å². The summed E-state index contributed by atoms with van der Waals surface area (Å²) in [6.45, 7) is 6.06. The number of aromatic nitrogens is 4. The number of carboxylic acid groups (broad SMARTS) is 1.